The number of pyridine rings is 2. The Balaban J connectivity index is 2.14. The fourth-order valence-electron chi connectivity index (χ4n) is 1.65. The molecule has 0 aliphatic carbocycles. The van der Waals surface area contributed by atoms with Crippen molar-refractivity contribution in [2.75, 3.05) is 5.73 Å². The lowest BCUT2D eigenvalue weighted by Gasteiger charge is -1.95. The minimum absolute atomic E-state index is 0.470. The molecule has 3 aromatic heterocycles. The van der Waals surface area contributed by atoms with Crippen molar-refractivity contribution in [3.8, 4) is 11.4 Å². The highest BCUT2D eigenvalue weighted by Gasteiger charge is 2.06. The molecule has 0 aliphatic rings. The first kappa shape index (κ1) is 9.77. The number of aromatic nitrogens is 4. The van der Waals surface area contributed by atoms with Crippen LogP contribution >= 0.6 is 0 Å². The van der Waals surface area contributed by atoms with Crippen LogP contribution in [0.1, 0.15) is 5.69 Å². The number of hydrogen-bond acceptors (Lipinski definition) is 4. The van der Waals surface area contributed by atoms with Gasteiger partial charge in [-0.2, -0.15) is 0 Å². The van der Waals surface area contributed by atoms with E-state index in [0.29, 0.717) is 11.5 Å². The van der Waals surface area contributed by atoms with E-state index in [2.05, 4.69) is 19.9 Å². The number of hydrogen-bond donors (Lipinski definition) is 2. The zero-order chi connectivity index (χ0) is 11.8. The monoisotopic (exact) mass is 225 g/mol. The highest BCUT2D eigenvalue weighted by Crippen LogP contribution is 2.19. The Morgan fingerprint density at radius 1 is 1.12 bits per heavy atom. The van der Waals surface area contributed by atoms with Crippen molar-refractivity contribution >= 4 is 17.0 Å². The Kier molecular flexibility index (Phi) is 2.04. The van der Waals surface area contributed by atoms with E-state index in [1.54, 1.807) is 12.3 Å². The molecule has 0 amide bonds. The molecule has 3 aromatic rings. The lowest BCUT2D eigenvalue weighted by Crippen LogP contribution is -1.88. The van der Waals surface area contributed by atoms with Crippen LogP contribution in [0.25, 0.3) is 22.6 Å². The van der Waals surface area contributed by atoms with E-state index in [0.717, 1.165) is 22.6 Å². The number of nitrogens with one attached hydrogen (secondary N) is 1. The summed E-state index contributed by atoms with van der Waals surface area (Å²) < 4.78 is 0. The molecule has 5 nitrogen and oxygen atoms in total. The number of H-pyrrole nitrogens is 1. The molecule has 0 saturated carbocycles. The smallest absolute Gasteiger partial charge is 0.180 e. The molecule has 3 heterocycles. The maximum atomic E-state index is 5.61. The summed E-state index contributed by atoms with van der Waals surface area (Å²) in [5.41, 5.74) is 9.03. The van der Waals surface area contributed by atoms with Gasteiger partial charge in [0.15, 0.2) is 5.65 Å². The van der Waals surface area contributed by atoms with Crippen LogP contribution in [0.4, 0.5) is 5.82 Å². The van der Waals surface area contributed by atoms with Crippen LogP contribution in [0.3, 0.4) is 0 Å². The van der Waals surface area contributed by atoms with Crippen molar-refractivity contribution in [2.45, 2.75) is 6.92 Å². The second kappa shape index (κ2) is 3.55. The highest BCUT2D eigenvalue weighted by atomic mass is 15.0. The summed E-state index contributed by atoms with van der Waals surface area (Å²) in [4.78, 5) is 16.0. The van der Waals surface area contributed by atoms with Gasteiger partial charge < -0.3 is 10.7 Å². The van der Waals surface area contributed by atoms with Crippen LogP contribution in [-0.2, 0) is 0 Å². The molecule has 0 bridgehead atoms. The van der Waals surface area contributed by atoms with Crippen LogP contribution in [0.15, 0.2) is 30.5 Å². The van der Waals surface area contributed by atoms with Gasteiger partial charge in [-0.05, 0) is 31.2 Å². The number of anilines is 1. The van der Waals surface area contributed by atoms with Gasteiger partial charge in [0.2, 0.25) is 0 Å². The number of aromatic amines is 1. The Morgan fingerprint density at radius 3 is 2.76 bits per heavy atom. The van der Waals surface area contributed by atoms with Gasteiger partial charge in [0.1, 0.15) is 11.6 Å². The molecule has 0 unspecified atom stereocenters. The standard InChI is InChI=1S/C12H11N5/c1-7-2-3-8(6-14-7)11-15-9-4-5-10(13)16-12(9)17-11/h2-6H,1H3,(H3,13,15,16,17). The van der Waals surface area contributed by atoms with Gasteiger partial charge in [-0.15, -0.1) is 0 Å². The van der Waals surface area contributed by atoms with E-state index >= 15 is 0 Å². The lowest BCUT2D eigenvalue weighted by molar-refractivity contribution is 1.19. The molecule has 0 aromatic carbocycles. The molecule has 0 atom stereocenters. The number of imidazole rings is 1. The maximum Gasteiger partial charge on any atom is 0.180 e. The van der Waals surface area contributed by atoms with E-state index in [9.17, 15) is 0 Å². The third-order valence-corrected chi connectivity index (χ3v) is 2.55. The molecule has 3 N–H and O–H groups in total. The number of fused-ring (bicyclic) bond motifs is 1. The van der Waals surface area contributed by atoms with Crippen molar-refractivity contribution < 1.29 is 0 Å². The molecule has 3 rings (SSSR count). The Morgan fingerprint density at radius 2 is 2.00 bits per heavy atom. The minimum atomic E-state index is 0.470. The summed E-state index contributed by atoms with van der Waals surface area (Å²) in [6.07, 6.45) is 1.79. The molecule has 84 valence electrons. The van der Waals surface area contributed by atoms with E-state index in [1.807, 2.05) is 25.1 Å². The van der Waals surface area contributed by atoms with Crippen LogP contribution in [0, 0.1) is 6.92 Å². The Labute approximate surface area is 97.7 Å². The van der Waals surface area contributed by atoms with Crippen molar-refractivity contribution in [1.29, 1.82) is 0 Å². The largest absolute Gasteiger partial charge is 0.384 e. The fourth-order valence-corrected chi connectivity index (χ4v) is 1.65. The first-order valence-corrected chi connectivity index (χ1v) is 5.27. The predicted molar refractivity (Wildman–Crippen MR) is 66.3 cm³/mol. The number of aryl methyl sites for hydroxylation is 1. The lowest BCUT2D eigenvalue weighted by atomic mass is 10.2. The summed E-state index contributed by atoms with van der Waals surface area (Å²) in [7, 11) is 0. The average Bonchev–Trinajstić information content (AvgIpc) is 2.72. The second-order valence-electron chi connectivity index (χ2n) is 3.88. The third kappa shape index (κ3) is 1.71. The SMILES string of the molecule is Cc1ccc(-c2nc3nc(N)ccc3[nH]2)cn1. The summed E-state index contributed by atoms with van der Waals surface area (Å²) in [5.74, 6) is 1.23. The Hall–Kier alpha value is -2.43. The van der Waals surface area contributed by atoms with Gasteiger partial charge in [0.05, 0.1) is 5.52 Å². The molecule has 0 spiro atoms. The highest BCUT2D eigenvalue weighted by molar-refractivity contribution is 5.77. The minimum Gasteiger partial charge on any atom is -0.384 e. The van der Waals surface area contributed by atoms with Crippen molar-refractivity contribution in [3.63, 3.8) is 0 Å². The van der Waals surface area contributed by atoms with Crippen molar-refractivity contribution in [2.24, 2.45) is 0 Å². The van der Waals surface area contributed by atoms with E-state index in [1.165, 1.54) is 0 Å². The summed E-state index contributed by atoms with van der Waals surface area (Å²) in [6, 6.07) is 7.54. The summed E-state index contributed by atoms with van der Waals surface area (Å²) in [6.45, 7) is 1.95. The van der Waals surface area contributed by atoms with Gasteiger partial charge in [0, 0.05) is 17.5 Å². The number of nitrogen functional groups attached to an aromatic ring is 1. The number of nitrogens with zero attached hydrogens (tertiary/aromatic N) is 3. The molecule has 0 fully saturated rings. The van der Waals surface area contributed by atoms with Gasteiger partial charge >= 0.3 is 0 Å². The zero-order valence-corrected chi connectivity index (χ0v) is 9.31. The van der Waals surface area contributed by atoms with E-state index in [-0.39, 0.29) is 0 Å². The maximum absolute atomic E-state index is 5.61. The molecular formula is C12H11N5. The Bertz CT molecular complexity index is 669. The molecule has 17 heavy (non-hydrogen) atoms. The zero-order valence-electron chi connectivity index (χ0n) is 9.31. The molecule has 0 aliphatic heterocycles. The van der Waals surface area contributed by atoms with Gasteiger partial charge in [-0.3, -0.25) is 4.98 Å². The van der Waals surface area contributed by atoms with Crippen LogP contribution in [0.2, 0.25) is 0 Å². The summed E-state index contributed by atoms with van der Waals surface area (Å²) >= 11 is 0. The van der Waals surface area contributed by atoms with Gasteiger partial charge in [-0.1, -0.05) is 0 Å². The normalized spacial score (nSPS) is 10.9. The average molecular weight is 225 g/mol. The number of nitrogens with two attached hydrogens (primary N) is 1. The van der Waals surface area contributed by atoms with Crippen LogP contribution in [-0.4, -0.2) is 19.9 Å². The van der Waals surface area contributed by atoms with Crippen LogP contribution in [0.5, 0.6) is 0 Å². The van der Waals surface area contributed by atoms with Crippen molar-refractivity contribution in [3.05, 3.63) is 36.2 Å². The van der Waals surface area contributed by atoms with Gasteiger partial charge in [0.25, 0.3) is 0 Å². The van der Waals surface area contributed by atoms with E-state index < -0.39 is 0 Å². The molecule has 0 saturated heterocycles. The quantitative estimate of drug-likeness (QED) is 0.663. The molecular weight excluding hydrogens is 214 g/mol. The second-order valence-corrected chi connectivity index (χ2v) is 3.88. The topological polar surface area (TPSA) is 80.5 Å². The van der Waals surface area contributed by atoms with Crippen LogP contribution < -0.4 is 5.73 Å². The molecule has 0 radical (unpaired) electrons. The summed E-state index contributed by atoms with van der Waals surface area (Å²) in [5, 5.41) is 0. The first-order chi connectivity index (χ1) is 8.22. The number of rotatable bonds is 1. The van der Waals surface area contributed by atoms with Crippen molar-refractivity contribution in [1.82, 2.24) is 19.9 Å². The first-order valence-electron chi connectivity index (χ1n) is 5.27. The predicted octanol–water partition coefficient (Wildman–Crippen LogP) is 1.91. The third-order valence-electron chi connectivity index (χ3n) is 2.55. The molecule has 5 heteroatoms. The van der Waals surface area contributed by atoms with E-state index in [4.69, 9.17) is 5.73 Å². The van der Waals surface area contributed by atoms with Gasteiger partial charge in [-0.25, -0.2) is 9.97 Å². The fraction of sp³-hybridized carbons (Fsp3) is 0.0833.